The van der Waals surface area contributed by atoms with E-state index in [0.29, 0.717) is 107 Å². The van der Waals surface area contributed by atoms with Gasteiger partial charge in [-0.25, -0.2) is 14.4 Å². The fourth-order valence-corrected chi connectivity index (χ4v) is 9.96. The first-order valence-corrected chi connectivity index (χ1v) is 33.3. The van der Waals surface area contributed by atoms with Gasteiger partial charge in [-0.1, -0.05) is 108 Å². The molecule has 6 N–H and O–H groups in total. The summed E-state index contributed by atoms with van der Waals surface area (Å²) in [7, 11) is 2.82. The van der Waals surface area contributed by atoms with Crippen LogP contribution in [-0.4, -0.2) is 211 Å². The molecule has 0 unspecified atom stereocenters. The minimum absolute atomic E-state index is 0.0471. The van der Waals surface area contributed by atoms with E-state index in [0.717, 1.165) is 17.7 Å². The Kier molecular flexibility index (Phi) is 38.8. The molecule has 2 aromatic carbocycles. The van der Waals surface area contributed by atoms with Gasteiger partial charge in [-0.3, -0.25) is 38.4 Å². The van der Waals surface area contributed by atoms with Crippen molar-refractivity contribution in [1.82, 2.24) is 41.7 Å². The van der Waals surface area contributed by atoms with Crippen molar-refractivity contribution in [3.63, 3.8) is 0 Å². The molecule has 0 saturated carbocycles. The van der Waals surface area contributed by atoms with E-state index in [2.05, 4.69) is 31.9 Å². The molecule has 96 heavy (non-hydrogen) atoms. The number of alkyl carbamates (subject to hydrolysis) is 1. The molecule has 0 bridgehead atoms. The van der Waals surface area contributed by atoms with E-state index in [1.165, 1.54) is 45.8 Å². The minimum Gasteiger partial charge on any atom is -0.456 e. The minimum atomic E-state index is -1.35. The van der Waals surface area contributed by atoms with Gasteiger partial charge < -0.3 is 74.9 Å². The lowest BCUT2D eigenvalue weighted by molar-refractivity contribution is -0.155. The molecule has 9 atom stereocenters. The van der Waals surface area contributed by atoms with E-state index >= 15 is 0 Å². The predicted molar refractivity (Wildman–Crippen MR) is 359 cm³/mol. The number of ether oxygens (including phenoxy) is 7. The summed E-state index contributed by atoms with van der Waals surface area (Å²) in [6.07, 6.45) is 3.18. The number of allylic oxidation sites excluding steroid dienone is 1. The average Bonchev–Trinajstić information content (AvgIpc) is 0.885. The van der Waals surface area contributed by atoms with Gasteiger partial charge in [0.05, 0.1) is 59.4 Å². The Morgan fingerprint density at radius 3 is 1.90 bits per heavy atom. The van der Waals surface area contributed by atoms with Crippen LogP contribution in [0.3, 0.4) is 0 Å². The van der Waals surface area contributed by atoms with Crippen molar-refractivity contribution in [3.05, 3.63) is 94.6 Å². The Hall–Kier alpha value is -8.07. The van der Waals surface area contributed by atoms with Crippen molar-refractivity contribution in [1.29, 1.82) is 0 Å². The number of esters is 2. The van der Waals surface area contributed by atoms with Crippen molar-refractivity contribution in [3.8, 4) is 0 Å². The zero-order valence-corrected chi connectivity index (χ0v) is 58.3. The first-order chi connectivity index (χ1) is 45.8. The van der Waals surface area contributed by atoms with Crippen LogP contribution in [0.4, 0.5) is 4.79 Å². The maximum atomic E-state index is 14.3. The first kappa shape index (κ1) is 82.2. The number of likely N-dealkylation sites (N-methyl/N-ethyl adjacent to an activating group) is 2. The number of cyclic esters (lactones) is 2. The number of benzene rings is 2. The fourth-order valence-electron chi connectivity index (χ4n) is 9.96. The smallest absolute Gasteiger partial charge is 0.407 e. The molecule has 1 aliphatic rings. The highest BCUT2D eigenvalue weighted by molar-refractivity contribution is 5.97. The van der Waals surface area contributed by atoms with E-state index in [4.69, 9.17) is 33.2 Å². The lowest BCUT2D eigenvalue weighted by Gasteiger charge is -2.33. The van der Waals surface area contributed by atoms with E-state index < -0.39 is 108 Å². The molecule has 0 aliphatic carbocycles. The number of carbonyl (C=O) groups is 11. The molecule has 3 rings (SSSR count). The summed E-state index contributed by atoms with van der Waals surface area (Å²) in [5.41, 5.74) is 2.31. The van der Waals surface area contributed by atoms with Gasteiger partial charge in [0.2, 0.25) is 29.5 Å². The number of nitrogens with zero attached hydrogens (tertiary/aromatic N) is 2. The fraction of sp³-hybridized carbons (Fsp3) is 0.614. The molecule has 2 aromatic rings. The SMILES string of the molecule is C/C=C(\C)[C@H]1OC(=O)[C@@H](C)NC(=O)[C@H]([C@H](C)CC)NC(=O)CN(C)C(=O)[C@@H](Cc2ccccc2)N(C)C(=O)[C@H](C)NC(=O)[C@@H](CC(C)C)OC(=O)/C(C)=C/C[C@H](OC(=O)NCCCCCCNC(=O)CCOCCOCCOCCOCCNC(=O)c2ccc(C=O)cc2)[C@@H]1C. The van der Waals surface area contributed by atoms with Gasteiger partial charge in [-0.2, -0.15) is 0 Å². The van der Waals surface area contributed by atoms with Crippen LogP contribution in [0.1, 0.15) is 147 Å². The summed E-state index contributed by atoms with van der Waals surface area (Å²) < 4.78 is 40.1. The van der Waals surface area contributed by atoms with Crippen LogP contribution in [0.2, 0.25) is 0 Å². The number of aldehydes is 1. The molecule has 0 radical (unpaired) electrons. The molecular weight excluding hydrogens is 1240 g/mol. The highest BCUT2D eigenvalue weighted by Gasteiger charge is 2.38. The Bertz CT molecular complexity index is 2850. The van der Waals surface area contributed by atoms with Gasteiger partial charge in [-0.15, -0.1) is 0 Å². The summed E-state index contributed by atoms with van der Waals surface area (Å²) >= 11 is 0. The van der Waals surface area contributed by atoms with E-state index in [1.807, 2.05) is 20.8 Å². The molecular formula is C70H106N8O18. The normalized spacial score (nSPS) is 21.9. The number of carbonyl (C=O) groups excluding carboxylic acids is 11. The standard InChI is InChI=1S/C70H106N8O18/c1-13-47(5)61-65(84)75-52(10)69(88)96-62(48(6)14-2)50(8)57(29-24-49(7)68(87)94-58(42-46(3)4)64(83)74-51(9)66(85)78(12)56(43-53-22-18-17-19-23-53)67(86)77(11)44-60(81)76-61)95-70(89)73-32-21-16-15-20-31-71-59(80)30-34-90-36-38-92-40-41-93-39-37-91-35-33-72-63(82)55-27-25-54(45-79)26-28-55/h14,17-19,22-28,45-47,50-52,56-58,61-62H,13,15-16,20-21,29-44H2,1-12H3,(H,71,80)(H,72,82)(H,73,89)(H,74,83)(H,75,84)(H,76,81)/b48-14+,49-24+/t47-,50+,51+,52-,56-,57+,58-,61+,62-/m1/s1. The van der Waals surface area contributed by atoms with Gasteiger partial charge in [0.25, 0.3) is 11.8 Å². The van der Waals surface area contributed by atoms with Crippen LogP contribution in [0.25, 0.3) is 0 Å². The van der Waals surface area contributed by atoms with E-state index in [9.17, 15) is 52.7 Å². The molecule has 8 amide bonds. The lowest BCUT2D eigenvalue weighted by Crippen LogP contribution is -2.57. The van der Waals surface area contributed by atoms with Crippen LogP contribution >= 0.6 is 0 Å². The van der Waals surface area contributed by atoms with E-state index in [-0.39, 0.29) is 62.1 Å². The quantitative estimate of drug-likeness (QED) is 0.0177. The maximum absolute atomic E-state index is 14.3. The molecule has 534 valence electrons. The van der Waals surface area contributed by atoms with Crippen molar-refractivity contribution >= 4 is 65.7 Å². The molecule has 1 aliphatic heterocycles. The van der Waals surface area contributed by atoms with Gasteiger partial charge in [0.1, 0.15) is 42.7 Å². The molecule has 26 heteroatoms. The molecule has 0 aromatic heterocycles. The monoisotopic (exact) mass is 1350 g/mol. The molecule has 26 nitrogen and oxygen atoms in total. The predicted octanol–water partition coefficient (Wildman–Crippen LogP) is 5.35. The molecule has 1 heterocycles. The van der Waals surface area contributed by atoms with Crippen LogP contribution in [-0.2, 0) is 77.9 Å². The first-order valence-electron chi connectivity index (χ1n) is 33.3. The molecule has 0 spiro atoms. The topological polar surface area (TPSA) is 331 Å². The summed E-state index contributed by atoms with van der Waals surface area (Å²) in [6, 6.07) is 10.5. The van der Waals surface area contributed by atoms with Gasteiger partial charge in [0.15, 0.2) is 6.10 Å². The van der Waals surface area contributed by atoms with Crippen LogP contribution < -0.4 is 31.9 Å². The third-order valence-electron chi connectivity index (χ3n) is 16.2. The molecule has 0 fully saturated rings. The van der Waals surface area contributed by atoms with Crippen LogP contribution in [0.15, 0.2) is 77.9 Å². The van der Waals surface area contributed by atoms with E-state index in [1.54, 1.807) is 88.4 Å². The second kappa shape index (κ2) is 45.4. The number of hydrogen-bond donors (Lipinski definition) is 6. The Morgan fingerprint density at radius 1 is 0.708 bits per heavy atom. The van der Waals surface area contributed by atoms with Crippen molar-refractivity contribution in [2.45, 2.75) is 170 Å². The Labute approximate surface area is 566 Å². The summed E-state index contributed by atoms with van der Waals surface area (Å²) in [5.74, 6) is -6.81. The van der Waals surface area contributed by atoms with Crippen LogP contribution in [0, 0.1) is 17.8 Å². The lowest BCUT2D eigenvalue weighted by atomic mass is 9.90. The van der Waals surface area contributed by atoms with Gasteiger partial charge in [-0.05, 0) is 89.0 Å². The summed E-state index contributed by atoms with van der Waals surface area (Å²) in [6.45, 7) is 20.0. The highest BCUT2D eigenvalue weighted by Crippen LogP contribution is 2.26. The van der Waals surface area contributed by atoms with Crippen LogP contribution in [0.5, 0.6) is 0 Å². The maximum Gasteiger partial charge on any atom is 0.407 e. The third-order valence-corrected chi connectivity index (χ3v) is 16.2. The van der Waals surface area contributed by atoms with Crippen molar-refractivity contribution in [2.75, 3.05) is 93.1 Å². The summed E-state index contributed by atoms with van der Waals surface area (Å²) in [5, 5.41) is 16.5. The number of unbranched alkanes of at least 4 members (excludes halogenated alkanes) is 3. The second-order valence-electron chi connectivity index (χ2n) is 24.5. The Morgan fingerprint density at radius 2 is 1.30 bits per heavy atom. The zero-order chi connectivity index (χ0) is 71.1. The number of hydrogen-bond acceptors (Lipinski definition) is 18. The number of rotatable bonds is 32. The number of amides is 8. The highest BCUT2D eigenvalue weighted by atomic mass is 16.6. The average molecular weight is 1350 g/mol. The summed E-state index contributed by atoms with van der Waals surface area (Å²) in [4.78, 5) is 150. The van der Waals surface area contributed by atoms with Crippen molar-refractivity contribution in [2.24, 2.45) is 17.8 Å². The second-order valence-corrected chi connectivity index (χ2v) is 24.5. The largest absolute Gasteiger partial charge is 0.456 e. The van der Waals surface area contributed by atoms with Crippen molar-refractivity contribution < 1.29 is 85.9 Å². The Balaban J connectivity index is 1.60. The van der Waals surface area contributed by atoms with Gasteiger partial charge >= 0.3 is 18.0 Å². The number of nitrogens with one attached hydrogen (secondary N) is 6. The third kappa shape index (κ3) is 30.8. The zero-order valence-electron chi connectivity index (χ0n) is 58.3. The molecule has 0 saturated heterocycles. The van der Waals surface area contributed by atoms with Gasteiger partial charge in [0, 0.05) is 75.6 Å².